The maximum atomic E-state index is 6.17. The Morgan fingerprint density at radius 3 is 2.27 bits per heavy atom. The van der Waals surface area contributed by atoms with Crippen LogP contribution in [0.25, 0.3) is 0 Å². The molecule has 54 valence electrons. The molecule has 1 aromatic rings. The van der Waals surface area contributed by atoms with Crippen molar-refractivity contribution in [3.8, 4) is 0 Å². The Morgan fingerprint density at radius 2 is 2.00 bits per heavy atom. The fourth-order valence-corrected chi connectivity index (χ4v) is 2.03. The number of rotatable bonds is 1. The van der Waals surface area contributed by atoms with Gasteiger partial charge in [-0.15, -0.1) is 0 Å². The quantitative estimate of drug-likeness (QED) is 0.297. The predicted molar refractivity (Wildman–Crippen MR) is 48.2 cm³/mol. The third-order valence-electron chi connectivity index (χ3n) is 1.35. The molecule has 1 rings (SSSR count). The van der Waals surface area contributed by atoms with Gasteiger partial charge in [0.15, 0.2) is 7.38 Å². The fourth-order valence-electron chi connectivity index (χ4n) is 0.763. The molecule has 3 heteroatoms. The van der Waals surface area contributed by atoms with E-state index in [0.29, 0.717) is 0 Å². The SMILES string of the molecule is C[Si](C)(Cl)c1[c-]cccc1.[Li+]. The molecule has 1 aromatic carbocycles. The standard InChI is InChI=1S/C8H10ClSi.Li/c1-10(2,9)8-6-4-3-5-7-8;/h3-6H,1-2H3;/q-1;+1. The van der Waals surface area contributed by atoms with Crippen molar-refractivity contribution in [2.45, 2.75) is 13.1 Å². The summed E-state index contributed by atoms with van der Waals surface area (Å²) in [4.78, 5) is 0. The summed E-state index contributed by atoms with van der Waals surface area (Å²) in [5.41, 5.74) is 0. The maximum Gasteiger partial charge on any atom is 1.00 e. The van der Waals surface area contributed by atoms with Gasteiger partial charge in [0.05, 0.1) is 0 Å². The summed E-state index contributed by atoms with van der Waals surface area (Å²) in [5.74, 6) is 0. The molecular weight excluding hydrogens is 167 g/mol. The molecule has 0 bridgehead atoms. The van der Waals surface area contributed by atoms with E-state index >= 15 is 0 Å². The second-order valence-corrected chi connectivity index (χ2v) is 9.07. The van der Waals surface area contributed by atoms with Crippen molar-refractivity contribution < 1.29 is 18.9 Å². The molecule has 0 aromatic heterocycles. The maximum absolute atomic E-state index is 6.17. The summed E-state index contributed by atoms with van der Waals surface area (Å²) in [7, 11) is -1.62. The molecule has 0 aliphatic heterocycles. The fraction of sp³-hybridized carbons (Fsp3) is 0.250. The monoisotopic (exact) mass is 176 g/mol. The Morgan fingerprint density at radius 1 is 1.36 bits per heavy atom. The van der Waals surface area contributed by atoms with Gasteiger partial charge in [0.2, 0.25) is 0 Å². The van der Waals surface area contributed by atoms with Crippen LogP contribution >= 0.6 is 11.1 Å². The van der Waals surface area contributed by atoms with Gasteiger partial charge < -0.3 is 0 Å². The van der Waals surface area contributed by atoms with Gasteiger partial charge >= 0.3 is 18.9 Å². The van der Waals surface area contributed by atoms with Crippen LogP contribution in [0, 0.1) is 6.07 Å². The van der Waals surface area contributed by atoms with Gasteiger partial charge in [0.1, 0.15) is 0 Å². The molecule has 0 heterocycles. The first-order chi connectivity index (χ1) is 4.61. The third kappa shape index (κ3) is 3.49. The molecule has 0 atom stereocenters. The smallest absolute Gasteiger partial charge is 0.183 e. The van der Waals surface area contributed by atoms with Crippen LogP contribution in [0.1, 0.15) is 0 Å². The first-order valence-corrected chi connectivity index (χ1v) is 7.28. The minimum Gasteiger partial charge on any atom is -0.183 e. The van der Waals surface area contributed by atoms with E-state index in [4.69, 9.17) is 11.1 Å². The minimum absolute atomic E-state index is 0. The van der Waals surface area contributed by atoms with Crippen LogP contribution < -0.4 is 24.0 Å². The molecule has 0 aliphatic carbocycles. The molecule has 0 spiro atoms. The van der Waals surface area contributed by atoms with Crippen molar-refractivity contribution in [2.24, 2.45) is 0 Å². The van der Waals surface area contributed by atoms with Crippen LogP contribution in [-0.2, 0) is 0 Å². The van der Waals surface area contributed by atoms with E-state index in [0.717, 1.165) is 0 Å². The molecule has 0 N–H and O–H groups in total. The van der Waals surface area contributed by atoms with Crippen molar-refractivity contribution in [3.05, 3.63) is 30.3 Å². The largest absolute Gasteiger partial charge is 1.00 e. The molecular formula is C8H10ClLiSi. The first-order valence-electron chi connectivity index (χ1n) is 3.27. The van der Waals surface area contributed by atoms with Gasteiger partial charge in [-0.3, -0.25) is 0 Å². The van der Waals surface area contributed by atoms with Crippen molar-refractivity contribution in [2.75, 3.05) is 0 Å². The summed E-state index contributed by atoms with van der Waals surface area (Å²) in [6, 6.07) is 11.0. The predicted octanol–water partition coefficient (Wildman–Crippen LogP) is -0.858. The van der Waals surface area contributed by atoms with Crippen molar-refractivity contribution in [1.29, 1.82) is 0 Å². The summed E-state index contributed by atoms with van der Waals surface area (Å²) in [6.45, 7) is 4.20. The molecule has 0 aliphatic rings. The zero-order chi connectivity index (χ0) is 7.61. The number of halogens is 1. The van der Waals surface area contributed by atoms with Crippen LogP contribution in [-0.4, -0.2) is 7.38 Å². The molecule has 0 unspecified atom stereocenters. The number of benzene rings is 1. The van der Waals surface area contributed by atoms with Crippen LogP contribution in [0.15, 0.2) is 24.3 Å². The molecule has 0 amide bonds. The van der Waals surface area contributed by atoms with Gasteiger partial charge in [-0.2, -0.15) is 46.6 Å². The average Bonchev–Trinajstić information content (AvgIpc) is 1.88. The van der Waals surface area contributed by atoms with Crippen molar-refractivity contribution >= 4 is 23.6 Å². The topological polar surface area (TPSA) is 0 Å². The zero-order valence-corrected chi connectivity index (χ0v) is 8.94. The van der Waals surface area contributed by atoms with E-state index in [-0.39, 0.29) is 18.9 Å². The van der Waals surface area contributed by atoms with E-state index in [2.05, 4.69) is 19.2 Å². The second kappa shape index (κ2) is 4.37. The molecule has 0 radical (unpaired) electrons. The van der Waals surface area contributed by atoms with Gasteiger partial charge in [0, 0.05) is 0 Å². The minimum atomic E-state index is -1.62. The van der Waals surface area contributed by atoms with Gasteiger partial charge in [-0.1, -0.05) is 13.1 Å². The van der Waals surface area contributed by atoms with Crippen molar-refractivity contribution in [1.82, 2.24) is 0 Å². The Hall–Kier alpha value is 0.324. The number of hydrogen-bond donors (Lipinski definition) is 0. The van der Waals surface area contributed by atoms with E-state index < -0.39 is 7.38 Å². The van der Waals surface area contributed by atoms with E-state index in [1.165, 1.54) is 5.19 Å². The van der Waals surface area contributed by atoms with Gasteiger partial charge in [0.25, 0.3) is 0 Å². The Labute approximate surface area is 85.8 Å². The molecule has 0 fully saturated rings. The van der Waals surface area contributed by atoms with E-state index in [1.807, 2.05) is 24.3 Å². The Balaban J connectivity index is 0.000001000. The van der Waals surface area contributed by atoms with Gasteiger partial charge in [-0.25, -0.2) is 0 Å². The summed E-state index contributed by atoms with van der Waals surface area (Å²) in [6.07, 6.45) is 0. The van der Waals surface area contributed by atoms with Crippen LogP contribution in [0.3, 0.4) is 0 Å². The van der Waals surface area contributed by atoms with Gasteiger partial charge in [-0.05, 0) is 0 Å². The van der Waals surface area contributed by atoms with Crippen LogP contribution in [0.5, 0.6) is 0 Å². The number of hydrogen-bond acceptors (Lipinski definition) is 0. The second-order valence-electron chi connectivity index (χ2n) is 2.75. The third-order valence-corrected chi connectivity index (χ3v) is 3.55. The first kappa shape index (κ1) is 11.3. The van der Waals surface area contributed by atoms with E-state index in [1.54, 1.807) is 0 Å². The van der Waals surface area contributed by atoms with Crippen LogP contribution in [0.4, 0.5) is 0 Å². The average molecular weight is 177 g/mol. The Bertz CT molecular complexity index is 205. The zero-order valence-electron chi connectivity index (χ0n) is 7.19. The Kier molecular flexibility index (Phi) is 4.50. The summed E-state index contributed by atoms with van der Waals surface area (Å²) in [5, 5.41) is 1.18. The summed E-state index contributed by atoms with van der Waals surface area (Å²) >= 11 is 6.17. The normalized spacial score (nSPS) is 10.5. The van der Waals surface area contributed by atoms with Crippen LogP contribution in [0.2, 0.25) is 13.1 Å². The molecule has 0 nitrogen and oxygen atoms in total. The molecule has 0 saturated heterocycles. The molecule has 0 saturated carbocycles. The summed E-state index contributed by atoms with van der Waals surface area (Å²) < 4.78 is 0. The van der Waals surface area contributed by atoms with Crippen molar-refractivity contribution in [3.63, 3.8) is 0 Å². The molecule has 11 heavy (non-hydrogen) atoms. The van der Waals surface area contributed by atoms with E-state index in [9.17, 15) is 0 Å².